The molecule has 3 rings (SSSR count). The Hall–Kier alpha value is -1.60. The van der Waals surface area contributed by atoms with Crippen molar-refractivity contribution in [3.63, 3.8) is 0 Å². The Morgan fingerprint density at radius 3 is 2.62 bits per heavy atom. The van der Waals surface area contributed by atoms with E-state index in [1.807, 2.05) is 42.5 Å². The van der Waals surface area contributed by atoms with Gasteiger partial charge in [-0.3, -0.25) is 0 Å². The Morgan fingerprint density at radius 2 is 1.81 bits per heavy atom. The standard InChI is InChI=1S/C15H11ClIN3O/c16-11-6-2-1-5-10(11)15-20-19-14(21-15)9-18-13-8-4-3-7-12(13)17/h1-8,18H,9H2. The number of hydrogen-bond acceptors (Lipinski definition) is 4. The summed E-state index contributed by atoms with van der Waals surface area (Å²) in [5.41, 5.74) is 1.78. The summed E-state index contributed by atoms with van der Waals surface area (Å²) in [6.45, 7) is 0.470. The zero-order chi connectivity index (χ0) is 14.7. The van der Waals surface area contributed by atoms with Crippen molar-refractivity contribution in [2.24, 2.45) is 0 Å². The number of rotatable bonds is 4. The predicted molar refractivity (Wildman–Crippen MR) is 91.2 cm³/mol. The third kappa shape index (κ3) is 3.36. The molecule has 106 valence electrons. The van der Waals surface area contributed by atoms with Gasteiger partial charge in [-0.1, -0.05) is 35.9 Å². The van der Waals surface area contributed by atoms with Crippen molar-refractivity contribution in [2.75, 3.05) is 5.32 Å². The fourth-order valence-corrected chi connectivity index (χ4v) is 2.64. The number of para-hydroxylation sites is 1. The van der Waals surface area contributed by atoms with E-state index in [-0.39, 0.29) is 0 Å². The van der Waals surface area contributed by atoms with Gasteiger partial charge in [-0.15, -0.1) is 10.2 Å². The molecule has 3 aromatic rings. The minimum Gasteiger partial charge on any atom is -0.419 e. The van der Waals surface area contributed by atoms with Crippen LogP contribution in [0.15, 0.2) is 52.9 Å². The molecule has 0 aliphatic rings. The van der Waals surface area contributed by atoms with Crippen molar-refractivity contribution >= 4 is 39.9 Å². The molecule has 21 heavy (non-hydrogen) atoms. The maximum absolute atomic E-state index is 6.12. The van der Waals surface area contributed by atoms with Crippen LogP contribution in [0.25, 0.3) is 11.5 Å². The van der Waals surface area contributed by atoms with Gasteiger partial charge in [-0.05, 0) is 46.9 Å². The minimum absolute atomic E-state index is 0.431. The van der Waals surface area contributed by atoms with Gasteiger partial charge in [0.1, 0.15) is 0 Å². The molecule has 0 saturated heterocycles. The third-order valence-corrected chi connectivity index (χ3v) is 4.15. The molecule has 0 aliphatic heterocycles. The molecule has 0 saturated carbocycles. The monoisotopic (exact) mass is 411 g/mol. The Morgan fingerprint density at radius 1 is 1.05 bits per heavy atom. The molecule has 0 radical (unpaired) electrons. The first-order valence-corrected chi connectivity index (χ1v) is 7.75. The van der Waals surface area contributed by atoms with Gasteiger partial charge in [0, 0.05) is 9.26 Å². The van der Waals surface area contributed by atoms with E-state index in [4.69, 9.17) is 16.0 Å². The molecule has 1 N–H and O–H groups in total. The Kier molecular flexibility index (Phi) is 4.40. The fourth-order valence-electron chi connectivity index (χ4n) is 1.84. The lowest BCUT2D eigenvalue weighted by atomic mass is 10.2. The number of hydrogen-bond donors (Lipinski definition) is 1. The maximum atomic E-state index is 6.12. The predicted octanol–water partition coefficient (Wildman–Crippen LogP) is 4.61. The molecular weight excluding hydrogens is 401 g/mol. The van der Waals surface area contributed by atoms with Crippen LogP contribution in [0.2, 0.25) is 5.02 Å². The first kappa shape index (κ1) is 14.3. The van der Waals surface area contributed by atoms with E-state index in [0.29, 0.717) is 23.3 Å². The van der Waals surface area contributed by atoms with Crippen LogP contribution < -0.4 is 5.32 Å². The van der Waals surface area contributed by atoms with E-state index in [1.165, 1.54) is 0 Å². The molecule has 0 fully saturated rings. The second-order valence-electron chi connectivity index (χ2n) is 4.31. The number of nitrogens with one attached hydrogen (secondary N) is 1. The summed E-state index contributed by atoms with van der Waals surface area (Å²) in [7, 11) is 0. The average molecular weight is 412 g/mol. The van der Waals surface area contributed by atoms with E-state index in [9.17, 15) is 0 Å². The molecule has 0 unspecified atom stereocenters. The van der Waals surface area contributed by atoms with Gasteiger partial charge in [-0.2, -0.15) is 0 Å². The van der Waals surface area contributed by atoms with Crippen LogP contribution in [-0.4, -0.2) is 10.2 Å². The molecule has 4 nitrogen and oxygen atoms in total. The summed E-state index contributed by atoms with van der Waals surface area (Å²) in [6.07, 6.45) is 0. The summed E-state index contributed by atoms with van der Waals surface area (Å²) < 4.78 is 6.78. The molecule has 0 bridgehead atoms. The van der Waals surface area contributed by atoms with Crippen molar-refractivity contribution in [1.29, 1.82) is 0 Å². The molecule has 6 heteroatoms. The molecule has 0 amide bonds. The van der Waals surface area contributed by atoms with Gasteiger partial charge in [0.25, 0.3) is 0 Å². The first-order valence-electron chi connectivity index (χ1n) is 6.30. The van der Waals surface area contributed by atoms with Crippen LogP contribution in [0.3, 0.4) is 0 Å². The summed E-state index contributed by atoms with van der Waals surface area (Å²) in [6, 6.07) is 15.4. The highest BCUT2D eigenvalue weighted by Crippen LogP contribution is 2.26. The second kappa shape index (κ2) is 6.44. The largest absolute Gasteiger partial charge is 0.419 e. The number of benzene rings is 2. The van der Waals surface area contributed by atoms with Gasteiger partial charge in [0.2, 0.25) is 11.8 Å². The van der Waals surface area contributed by atoms with Crippen molar-refractivity contribution < 1.29 is 4.42 Å². The van der Waals surface area contributed by atoms with Crippen molar-refractivity contribution in [2.45, 2.75) is 6.54 Å². The SMILES string of the molecule is Clc1ccccc1-c1nnc(CNc2ccccc2I)o1. The van der Waals surface area contributed by atoms with E-state index < -0.39 is 0 Å². The van der Waals surface area contributed by atoms with E-state index in [2.05, 4.69) is 38.1 Å². The highest BCUT2D eigenvalue weighted by molar-refractivity contribution is 14.1. The van der Waals surface area contributed by atoms with Gasteiger partial charge in [-0.25, -0.2) is 0 Å². The van der Waals surface area contributed by atoms with Gasteiger partial charge < -0.3 is 9.73 Å². The van der Waals surface area contributed by atoms with Gasteiger partial charge >= 0.3 is 0 Å². The first-order chi connectivity index (χ1) is 10.2. The van der Waals surface area contributed by atoms with E-state index >= 15 is 0 Å². The summed E-state index contributed by atoms with van der Waals surface area (Å²) in [4.78, 5) is 0. The highest BCUT2D eigenvalue weighted by atomic mass is 127. The van der Waals surface area contributed by atoms with Crippen LogP contribution in [0.5, 0.6) is 0 Å². The Labute approximate surface area is 140 Å². The van der Waals surface area contributed by atoms with Crippen molar-refractivity contribution in [3.05, 3.63) is 63.0 Å². The zero-order valence-electron chi connectivity index (χ0n) is 10.9. The van der Waals surface area contributed by atoms with Crippen LogP contribution in [0.4, 0.5) is 5.69 Å². The van der Waals surface area contributed by atoms with Crippen molar-refractivity contribution in [1.82, 2.24) is 10.2 Å². The molecular formula is C15H11ClIN3O. The topological polar surface area (TPSA) is 51.0 Å². The quantitative estimate of drug-likeness (QED) is 0.637. The highest BCUT2D eigenvalue weighted by Gasteiger charge is 2.11. The molecule has 0 spiro atoms. The Bertz CT molecular complexity index is 760. The number of nitrogens with zero attached hydrogens (tertiary/aromatic N) is 2. The van der Waals surface area contributed by atoms with E-state index in [1.54, 1.807) is 6.07 Å². The summed E-state index contributed by atoms with van der Waals surface area (Å²) >= 11 is 8.39. The normalized spacial score (nSPS) is 10.6. The van der Waals surface area contributed by atoms with E-state index in [0.717, 1.165) is 14.8 Å². The third-order valence-electron chi connectivity index (χ3n) is 2.88. The number of anilines is 1. The molecule has 0 atom stereocenters. The minimum atomic E-state index is 0.431. The zero-order valence-corrected chi connectivity index (χ0v) is 13.8. The lowest BCUT2D eigenvalue weighted by Crippen LogP contribution is -2.00. The lowest BCUT2D eigenvalue weighted by molar-refractivity contribution is 0.515. The molecule has 0 aliphatic carbocycles. The number of halogens is 2. The molecule has 1 aromatic heterocycles. The summed E-state index contributed by atoms with van der Waals surface area (Å²) in [5, 5.41) is 11.9. The van der Waals surface area contributed by atoms with Gasteiger partial charge in [0.15, 0.2) is 0 Å². The number of aromatic nitrogens is 2. The van der Waals surface area contributed by atoms with Crippen molar-refractivity contribution in [3.8, 4) is 11.5 Å². The van der Waals surface area contributed by atoms with Crippen LogP contribution in [0.1, 0.15) is 5.89 Å². The van der Waals surface area contributed by atoms with Gasteiger partial charge in [0.05, 0.1) is 17.1 Å². The van der Waals surface area contributed by atoms with Crippen LogP contribution in [-0.2, 0) is 6.54 Å². The fraction of sp³-hybridized carbons (Fsp3) is 0.0667. The van der Waals surface area contributed by atoms with Crippen LogP contribution in [0, 0.1) is 3.57 Å². The average Bonchev–Trinajstić information content (AvgIpc) is 2.96. The molecule has 2 aromatic carbocycles. The smallest absolute Gasteiger partial charge is 0.249 e. The Balaban J connectivity index is 1.74. The second-order valence-corrected chi connectivity index (χ2v) is 5.88. The molecule has 1 heterocycles. The van der Waals surface area contributed by atoms with Crippen LogP contribution >= 0.6 is 34.2 Å². The lowest BCUT2D eigenvalue weighted by Gasteiger charge is -2.05. The maximum Gasteiger partial charge on any atom is 0.249 e. The summed E-state index contributed by atoms with van der Waals surface area (Å²) in [5.74, 6) is 0.949.